The SMILES string of the molecule is CCOCCN(C)C(=O)c1ccc(I)c(Cl)c1. The largest absolute Gasteiger partial charge is 0.380 e. The summed E-state index contributed by atoms with van der Waals surface area (Å²) < 4.78 is 6.15. The molecule has 0 heterocycles. The van der Waals surface area contributed by atoms with Crippen molar-refractivity contribution in [2.45, 2.75) is 6.92 Å². The molecule has 0 radical (unpaired) electrons. The van der Waals surface area contributed by atoms with Gasteiger partial charge in [-0.3, -0.25) is 4.79 Å². The zero-order valence-electron chi connectivity index (χ0n) is 9.87. The Labute approximate surface area is 120 Å². The molecule has 94 valence electrons. The van der Waals surface area contributed by atoms with E-state index in [0.717, 1.165) is 3.57 Å². The maximum atomic E-state index is 12.0. The quantitative estimate of drug-likeness (QED) is 0.591. The number of carbonyl (C=O) groups excluding carboxylic acids is 1. The third-order valence-corrected chi connectivity index (χ3v) is 3.86. The smallest absolute Gasteiger partial charge is 0.253 e. The summed E-state index contributed by atoms with van der Waals surface area (Å²) in [6.45, 7) is 3.73. The predicted octanol–water partition coefficient (Wildman–Crippen LogP) is 3.05. The van der Waals surface area contributed by atoms with Gasteiger partial charge in [0.05, 0.1) is 11.6 Å². The number of hydrogen-bond donors (Lipinski definition) is 0. The number of rotatable bonds is 5. The lowest BCUT2D eigenvalue weighted by atomic mass is 10.2. The van der Waals surface area contributed by atoms with Gasteiger partial charge < -0.3 is 9.64 Å². The molecular formula is C12H15ClINO2. The summed E-state index contributed by atoms with van der Waals surface area (Å²) in [5, 5.41) is 0.606. The van der Waals surface area contributed by atoms with Crippen molar-refractivity contribution in [3.05, 3.63) is 32.4 Å². The van der Waals surface area contributed by atoms with Crippen LogP contribution in [-0.4, -0.2) is 37.6 Å². The van der Waals surface area contributed by atoms with Crippen molar-refractivity contribution in [1.29, 1.82) is 0 Å². The molecule has 0 atom stereocenters. The third-order valence-electron chi connectivity index (χ3n) is 2.29. The predicted molar refractivity (Wildman–Crippen MR) is 77.6 cm³/mol. The van der Waals surface area contributed by atoms with Crippen LogP contribution in [0.5, 0.6) is 0 Å². The molecule has 0 spiro atoms. The monoisotopic (exact) mass is 367 g/mol. The highest BCUT2D eigenvalue weighted by molar-refractivity contribution is 14.1. The van der Waals surface area contributed by atoms with Gasteiger partial charge in [0.15, 0.2) is 0 Å². The Morgan fingerprint density at radius 1 is 1.53 bits per heavy atom. The lowest BCUT2D eigenvalue weighted by Crippen LogP contribution is -2.30. The van der Waals surface area contributed by atoms with E-state index in [1.807, 2.05) is 13.0 Å². The van der Waals surface area contributed by atoms with Crippen molar-refractivity contribution in [2.24, 2.45) is 0 Å². The van der Waals surface area contributed by atoms with Crippen molar-refractivity contribution in [3.8, 4) is 0 Å². The Hall–Kier alpha value is -0.330. The molecule has 3 nitrogen and oxygen atoms in total. The van der Waals surface area contributed by atoms with E-state index in [2.05, 4.69) is 22.6 Å². The number of ether oxygens (including phenoxy) is 1. The molecule has 0 aliphatic rings. The summed E-state index contributed by atoms with van der Waals surface area (Å²) in [5.41, 5.74) is 0.606. The molecule has 1 amide bonds. The normalized spacial score (nSPS) is 10.4. The lowest BCUT2D eigenvalue weighted by molar-refractivity contribution is 0.0710. The van der Waals surface area contributed by atoms with Gasteiger partial charge in [-0.05, 0) is 47.7 Å². The highest BCUT2D eigenvalue weighted by Crippen LogP contribution is 2.20. The molecule has 5 heteroatoms. The molecule has 0 aliphatic heterocycles. The second-order valence-electron chi connectivity index (χ2n) is 3.55. The van der Waals surface area contributed by atoms with Crippen LogP contribution in [0.1, 0.15) is 17.3 Å². The van der Waals surface area contributed by atoms with Crippen molar-refractivity contribution >= 4 is 40.1 Å². The molecule has 1 aromatic carbocycles. The van der Waals surface area contributed by atoms with Gasteiger partial charge in [0.25, 0.3) is 5.91 Å². The molecule has 0 aromatic heterocycles. The number of carbonyl (C=O) groups is 1. The molecule has 1 rings (SSSR count). The van der Waals surface area contributed by atoms with Crippen LogP contribution >= 0.6 is 34.2 Å². The van der Waals surface area contributed by atoms with E-state index in [0.29, 0.717) is 30.3 Å². The Morgan fingerprint density at radius 3 is 2.82 bits per heavy atom. The molecular weight excluding hydrogens is 352 g/mol. The first-order valence-corrected chi connectivity index (χ1v) is 6.80. The number of halogens is 2. The summed E-state index contributed by atoms with van der Waals surface area (Å²) in [5.74, 6) is -0.0389. The van der Waals surface area contributed by atoms with Gasteiger partial charge in [-0.15, -0.1) is 0 Å². The highest BCUT2D eigenvalue weighted by Gasteiger charge is 2.12. The molecule has 0 saturated heterocycles. The van der Waals surface area contributed by atoms with Gasteiger partial charge in [-0.25, -0.2) is 0 Å². The van der Waals surface area contributed by atoms with Crippen molar-refractivity contribution in [3.63, 3.8) is 0 Å². The lowest BCUT2D eigenvalue weighted by Gasteiger charge is -2.17. The summed E-state index contributed by atoms with van der Waals surface area (Å²) >= 11 is 8.12. The van der Waals surface area contributed by atoms with Gasteiger partial charge >= 0.3 is 0 Å². The van der Waals surface area contributed by atoms with Gasteiger partial charge in [0.1, 0.15) is 0 Å². The van der Waals surface area contributed by atoms with Gasteiger partial charge in [-0.1, -0.05) is 11.6 Å². The minimum Gasteiger partial charge on any atom is -0.380 e. The first-order chi connectivity index (χ1) is 8.06. The maximum Gasteiger partial charge on any atom is 0.253 e. The molecule has 1 aromatic rings. The van der Waals surface area contributed by atoms with E-state index < -0.39 is 0 Å². The van der Waals surface area contributed by atoms with Crippen LogP contribution in [0.3, 0.4) is 0 Å². The molecule has 0 fully saturated rings. The van der Waals surface area contributed by atoms with E-state index in [1.165, 1.54) is 0 Å². The van der Waals surface area contributed by atoms with Crippen LogP contribution < -0.4 is 0 Å². The minimum absolute atomic E-state index is 0.0389. The van der Waals surface area contributed by atoms with Crippen LogP contribution in [0.4, 0.5) is 0 Å². The van der Waals surface area contributed by atoms with E-state index in [4.69, 9.17) is 16.3 Å². The first-order valence-electron chi connectivity index (χ1n) is 5.34. The second kappa shape index (κ2) is 7.18. The number of likely N-dealkylation sites (N-methyl/N-ethyl adjacent to an activating group) is 1. The second-order valence-corrected chi connectivity index (χ2v) is 5.12. The minimum atomic E-state index is -0.0389. The van der Waals surface area contributed by atoms with Crippen molar-refractivity contribution in [1.82, 2.24) is 4.90 Å². The Bertz CT molecular complexity index is 398. The molecule has 0 bridgehead atoms. The van der Waals surface area contributed by atoms with Crippen LogP contribution in [-0.2, 0) is 4.74 Å². The summed E-state index contributed by atoms with van der Waals surface area (Å²) in [4.78, 5) is 13.6. The van der Waals surface area contributed by atoms with E-state index >= 15 is 0 Å². The molecule has 0 saturated carbocycles. The Balaban J connectivity index is 2.65. The molecule has 0 unspecified atom stereocenters. The Morgan fingerprint density at radius 2 is 2.24 bits per heavy atom. The van der Waals surface area contributed by atoms with Crippen molar-refractivity contribution < 1.29 is 9.53 Å². The average molecular weight is 368 g/mol. The first kappa shape index (κ1) is 14.7. The summed E-state index contributed by atoms with van der Waals surface area (Å²) in [7, 11) is 1.76. The van der Waals surface area contributed by atoms with Crippen LogP contribution in [0.2, 0.25) is 5.02 Å². The fraction of sp³-hybridized carbons (Fsp3) is 0.417. The number of nitrogens with zero attached hydrogens (tertiary/aromatic N) is 1. The zero-order chi connectivity index (χ0) is 12.8. The summed E-state index contributed by atoms with van der Waals surface area (Å²) in [6.07, 6.45) is 0. The van der Waals surface area contributed by atoms with Gasteiger partial charge in [-0.2, -0.15) is 0 Å². The molecule has 17 heavy (non-hydrogen) atoms. The van der Waals surface area contributed by atoms with E-state index in [1.54, 1.807) is 24.1 Å². The van der Waals surface area contributed by atoms with Gasteiger partial charge in [0.2, 0.25) is 0 Å². The van der Waals surface area contributed by atoms with Gasteiger partial charge in [0, 0.05) is 29.3 Å². The average Bonchev–Trinajstić information content (AvgIpc) is 2.32. The highest BCUT2D eigenvalue weighted by atomic mass is 127. The fourth-order valence-corrected chi connectivity index (χ4v) is 1.81. The van der Waals surface area contributed by atoms with Crippen LogP contribution in [0, 0.1) is 3.57 Å². The van der Waals surface area contributed by atoms with Crippen LogP contribution in [0.15, 0.2) is 18.2 Å². The van der Waals surface area contributed by atoms with E-state index in [9.17, 15) is 4.79 Å². The molecule has 0 aliphatic carbocycles. The number of hydrogen-bond acceptors (Lipinski definition) is 2. The van der Waals surface area contributed by atoms with Crippen molar-refractivity contribution in [2.75, 3.05) is 26.8 Å². The zero-order valence-corrected chi connectivity index (χ0v) is 12.8. The number of benzene rings is 1. The van der Waals surface area contributed by atoms with E-state index in [-0.39, 0.29) is 5.91 Å². The standard InChI is InChI=1S/C12H15ClINO2/c1-3-17-7-6-15(2)12(16)9-4-5-11(14)10(13)8-9/h4-5,8H,3,6-7H2,1-2H3. The Kier molecular flexibility index (Phi) is 6.22. The number of amides is 1. The summed E-state index contributed by atoms with van der Waals surface area (Å²) in [6, 6.07) is 5.32. The third kappa shape index (κ3) is 4.44. The molecule has 0 N–H and O–H groups in total. The topological polar surface area (TPSA) is 29.5 Å². The maximum absolute atomic E-state index is 12.0. The fourth-order valence-electron chi connectivity index (χ4n) is 1.30. The van der Waals surface area contributed by atoms with Crippen LogP contribution in [0.25, 0.3) is 0 Å².